The molecule has 216 valence electrons. The first-order valence-electron chi connectivity index (χ1n) is 12.6. The largest absolute Gasteiger partial charge is 0.495 e. The zero-order chi connectivity index (χ0) is 30.6. The Hall–Kier alpha value is -4.63. The van der Waals surface area contributed by atoms with Crippen molar-refractivity contribution in [3.63, 3.8) is 0 Å². The fourth-order valence-corrected chi connectivity index (χ4v) is 5.81. The Morgan fingerprint density at radius 3 is 2.50 bits per heavy atom. The molecule has 1 aliphatic heterocycles. The Bertz CT molecular complexity index is 1650. The number of methoxy groups -OCH3 is 1. The number of benzene rings is 3. The molecule has 0 aromatic heterocycles. The van der Waals surface area contributed by atoms with Crippen LogP contribution in [0.1, 0.15) is 35.1 Å². The number of nitrogens with zero attached hydrogens (tertiary/aromatic N) is 3. The lowest BCUT2D eigenvalue weighted by Gasteiger charge is -2.29. The standard InChI is InChI=1S/C30H25F3N4O4S/c1-17-13-14-19(15-23(17)37(39)40)16-42-29-27(34-3)26(20-9-5-6-10-21(20)30(31,32)33)25(18(2)35-29)28(38)36-22-11-7-8-12-24(22)41-4/h5-15,26-27H,16H2,1-2,4H3,(H,36,38). The van der Waals surface area contributed by atoms with Crippen molar-refractivity contribution in [3.05, 3.63) is 122 Å². The Morgan fingerprint density at radius 1 is 1.14 bits per heavy atom. The van der Waals surface area contributed by atoms with Gasteiger partial charge in [0.1, 0.15) is 5.75 Å². The van der Waals surface area contributed by atoms with Gasteiger partial charge < -0.3 is 14.9 Å². The first-order valence-corrected chi connectivity index (χ1v) is 13.6. The van der Waals surface area contributed by atoms with Crippen LogP contribution in [-0.4, -0.2) is 29.0 Å². The van der Waals surface area contributed by atoms with E-state index >= 15 is 0 Å². The topological polar surface area (TPSA) is 98.2 Å². The van der Waals surface area contributed by atoms with Crippen LogP contribution in [0.5, 0.6) is 5.75 Å². The van der Waals surface area contributed by atoms with Crippen molar-refractivity contribution in [2.45, 2.75) is 37.7 Å². The maximum atomic E-state index is 14.2. The molecule has 1 heterocycles. The highest BCUT2D eigenvalue weighted by atomic mass is 32.2. The van der Waals surface area contributed by atoms with Crippen LogP contribution in [0.25, 0.3) is 4.85 Å². The van der Waals surface area contributed by atoms with Gasteiger partial charge in [-0.15, -0.1) is 0 Å². The van der Waals surface area contributed by atoms with Crippen LogP contribution in [-0.2, 0) is 16.7 Å². The number of aliphatic imine (C=N–C) groups is 1. The molecule has 0 fully saturated rings. The third-order valence-corrected chi connectivity index (χ3v) is 7.85. The lowest BCUT2D eigenvalue weighted by atomic mass is 9.80. The third kappa shape index (κ3) is 6.31. The number of thioether (sulfide) groups is 1. The fraction of sp³-hybridized carbons (Fsp3) is 0.233. The summed E-state index contributed by atoms with van der Waals surface area (Å²) in [7, 11) is 1.42. The third-order valence-electron chi connectivity index (χ3n) is 6.74. The zero-order valence-electron chi connectivity index (χ0n) is 22.7. The molecule has 3 aromatic carbocycles. The summed E-state index contributed by atoms with van der Waals surface area (Å²) in [5.41, 5.74) is 0.194. The Labute approximate surface area is 244 Å². The van der Waals surface area contributed by atoms with Crippen molar-refractivity contribution in [2.75, 3.05) is 12.4 Å². The summed E-state index contributed by atoms with van der Waals surface area (Å²) in [5.74, 6) is -1.49. The van der Waals surface area contributed by atoms with E-state index in [9.17, 15) is 28.1 Å². The number of alkyl halides is 3. The van der Waals surface area contributed by atoms with Crippen LogP contribution in [0.4, 0.5) is 24.5 Å². The normalized spacial score (nSPS) is 16.8. The van der Waals surface area contributed by atoms with Crippen LogP contribution in [0.15, 0.2) is 83.0 Å². The number of anilines is 1. The number of hydrogen-bond acceptors (Lipinski definition) is 6. The number of allylic oxidation sites excluding steroid dienone is 1. The number of halogens is 3. The van der Waals surface area contributed by atoms with Gasteiger partial charge in [-0.25, -0.2) is 11.6 Å². The van der Waals surface area contributed by atoms with Crippen molar-refractivity contribution in [1.82, 2.24) is 0 Å². The van der Waals surface area contributed by atoms with Gasteiger partial charge in [-0.05, 0) is 43.2 Å². The number of ether oxygens (including phenoxy) is 1. The molecule has 0 bridgehead atoms. The number of para-hydroxylation sites is 2. The average molecular weight is 595 g/mol. The van der Waals surface area contributed by atoms with E-state index < -0.39 is 34.5 Å². The molecule has 0 saturated carbocycles. The number of rotatable bonds is 7. The highest BCUT2D eigenvalue weighted by Crippen LogP contribution is 2.45. The summed E-state index contributed by atoms with van der Waals surface area (Å²) in [5, 5.41) is 14.3. The smallest absolute Gasteiger partial charge is 0.416 e. The van der Waals surface area contributed by atoms with E-state index in [1.54, 1.807) is 43.3 Å². The molecule has 0 aliphatic carbocycles. The number of nitro benzene ring substituents is 1. The lowest BCUT2D eigenvalue weighted by molar-refractivity contribution is -0.385. The van der Waals surface area contributed by atoms with Crippen LogP contribution < -0.4 is 10.1 Å². The molecule has 2 atom stereocenters. The van der Waals surface area contributed by atoms with Crippen molar-refractivity contribution in [1.29, 1.82) is 0 Å². The van der Waals surface area contributed by atoms with Crippen LogP contribution in [0, 0.1) is 23.6 Å². The summed E-state index contributed by atoms with van der Waals surface area (Å²) in [6.07, 6.45) is -4.75. The molecule has 42 heavy (non-hydrogen) atoms. The zero-order valence-corrected chi connectivity index (χ0v) is 23.5. The highest BCUT2D eigenvalue weighted by Gasteiger charge is 2.47. The molecule has 0 spiro atoms. The number of hydrogen-bond donors (Lipinski definition) is 1. The van der Waals surface area contributed by atoms with Gasteiger partial charge in [0.2, 0.25) is 0 Å². The molecule has 1 amide bonds. The number of nitro groups is 1. The molecular weight excluding hydrogens is 569 g/mol. The summed E-state index contributed by atoms with van der Waals surface area (Å²) in [6.45, 7) is 11.1. The predicted octanol–water partition coefficient (Wildman–Crippen LogP) is 7.56. The maximum absolute atomic E-state index is 14.2. The summed E-state index contributed by atoms with van der Waals surface area (Å²) in [6, 6.07) is 14.9. The number of carbonyl (C=O) groups excluding carboxylic acids is 1. The molecule has 0 radical (unpaired) electrons. The van der Waals surface area contributed by atoms with Gasteiger partial charge in [0.05, 0.1) is 34.8 Å². The Balaban J connectivity index is 1.81. The van der Waals surface area contributed by atoms with Gasteiger partial charge in [-0.3, -0.25) is 14.9 Å². The second kappa shape index (κ2) is 12.5. The molecule has 1 N–H and O–H groups in total. The fourth-order valence-electron chi connectivity index (χ4n) is 4.76. The van der Waals surface area contributed by atoms with Gasteiger partial charge >= 0.3 is 6.18 Å². The van der Waals surface area contributed by atoms with E-state index in [0.29, 0.717) is 22.6 Å². The maximum Gasteiger partial charge on any atom is 0.416 e. The quantitative estimate of drug-likeness (QED) is 0.173. The SMILES string of the molecule is [C-]#[N+]C1C(SCc2ccc(C)c([N+](=O)[O-])c2)=NC(C)=C(C(=O)Nc2ccccc2OC)C1c1ccccc1C(F)(F)F. The van der Waals surface area contributed by atoms with Crippen molar-refractivity contribution in [3.8, 4) is 5.75 Å². The summed E-state index contributed by atoms with van der Waals surface area (Å²) < 4.78 is 47.9. The minimum atomic E-state index is -4.75. The molecular formula is C30H25F3N4O4S. The van der Waals surface area contributed by atoms with E-state index in [1.807, 2.05) is 0 Å². The summed E-state index contributed by atoms with van der Waals surface area (Å²) >= 11 is 1.10. The van der Waals surface area contributed by atoms with E-state index in [4.69, 9.17) is 11.3 Å². The number of nitrogens with one attached hydrogen (secondary N) is 1. The van der Waals surface area contributed by atoms with E-state index in [1.165, 1.54) is 38.3 Å². The van der Waals surface area contributed by atoms with Gasteiger partial charge in [-0.1, -0.05) is 54.2 Å². The lowest BCUT2D eigenvalue weighted by Crippen LogP contribution is -2.35. The van der Waals surface area contributed by atoms with Crippen LogP contribution in [0.2, 0.25) is 0 Å². The number of aryl methyl sites for hydroxylation is 1. The van der Waals surface area contributed by atoms with Gasteiger partial charge in [0.25, 0.3) is 17.6 Å². The van der Waals surface area contributed by atoms with Gasteiger partial charge in [0, 0.05) is 23.1 Å². The molecule has 1 aliphatic rings. The van der Waals surface area contributed by atoms with Crippen molar-refractivity contribution in [2.24, 2.45) is 4.99 Å². The Morgan fingerprint density at radius 2 is 1.83 bits per heavy atom. The average Bonchev–Trinajstić information content (AvgIpc) is 2.95. The minimum absolute atomic E-state index is 0.0660. The molecule has 12 heteroatoms. The van der Waals surface area contributed by atoms with Crippen LogP contribution >= 0.6 is 11.8 Å². The molecule has 0 saturated heterocycles. The Kier molecular flexibility index (Phi) is 9.02. The first-order chi connectivity index (χ1) is 20.0. The number of amides is 1. The van der Waals surface area contributed by atoms with Crippen molar-refractivity contribution >= 4 is 34.1 Å². The molecule has 2 unspecified atom stereocenters. The summed E-state index contributed by atoms with van der Waals surface area (Å²) in [4.78, 5) is 32.8. The molecule has 3 aromatic rings. The van der Waals surface area contributed by atoms with Crippen LogP contribution in [0.3, 0.4) is 0 Å². The van der Waals surface area contributed by atoms with E-state index in [0.717, 1.165) is 17.8 Å². The number of carbonyl (C=O) groups is 1. The van der Waals surface area contributed by atoms with Gasteiger partial charge in [-0.2, -0.15) is 13.2 Å². The second-order valence-corrected chi connectivity index (χ2v) is 10.4. The minimum Gasteiger partial charge on any atom is -0.495 e. The first kappa shape index (κ1) is 30.3. The molecule has 8 nitrogen and oxygen atoms in total. The van der Waals surface area contributed by atoms with Gasteiger partial charge in [0.15, 0.2) is 5.04 Å². The van der Waals surface area contributed by atoms with E-state index in [-0.39, 0.29) is 33.3 Å². The van der Waals surface area contributed by atoms with Crippen molar-refractivity contribution < 1.29 is 27.6 Å². The van der Waals surface area contributed by atoms with E-state index in [2.05, 4.69) is 15.2 Å². The second-order valence-electron chi connectivity index (χ2n) is 9.41. The molecule has 4 rings (SSSR count). The predicted molar refractivity (Wildman–Crippen MR) is 155 cm³/mol. The highest BCUT2D eigenvalue weighted by molar-refractivity contribution is 8.13. The monoisotopic (exact) mass is 594 g/mol.